The van der Waals surface area contributed by atoms with Crippen molar-refractivity contribution in [1.82, 2.24) is 0 Å². The van der Waals surface area contributed by atoms with Crippen molar-refractivity contribution in [2.24, 2.45) is 10.8 Å². The van der Waals surface area contributed by atoms with Crippen LogP contribution in [0, 0.1) is 10.8 Å². The van der Waals surface area contributed by atoms with E-state index in [9.17, 15) is 15.3 Å². The summed E-state index contributed by atoms with van der Waals surface area (Å²) in [6.07, 6.45) is 29.8. The average molecular weight is 585 g/mol. The molecule has 0 saturated heterocycles. The molecule has 0 saturated carbocycles. The maximum Gasteiger partial charge on any atom is 0.101 e. The summed E-state index contributed by atoms with van der Waals surface area (Å²) in [5.41, 5.74) is 8.82. The van der Waals surface area contributed by atoms with E-state index in [1.807, 2.05) is 19.1 Å². The Morgan fingerprint density at radius 3 is 1.51 bits per heavy atom. The van der Waals surface area contributed by atoms with Crippen LogP contribution in [0.3, 0.4) is 0 Å². The second-order valence-electron chi connectivity index (χ2n) is 13.6. The highest BCUT2D eigenvalue weighted by Crippen LogP contribution is 2.42. The van der Waals surface area contributed by atoms with E-state index in [1.54, 1.807) is 0 Å². The molecule has 3 nitrogen and oxygen atoms in total. The van der Waals surface area contributed by atoms with Gasteiger partial charge in [0.25, 0.3) is 0 Å². The fourth-order valence-corrected chi connectivity index (χ4v) is 5.77. The van der Waals surface area contributed by atoms with Crippen LogP contribution in [0.15, 0.2) is 130 Å². The first-order valence-electron chi connectivity index (χ1n) is 15.6. The van der Waals surface area contributed by atoms with Crippen LogP contribution in [0.2, 0.25) is 0 Å². The van der Waals surface area contributed by atoms with Crippen molar-refractivity contribution in [2.75, 3.05) is 0 Å². The lowest BCUT2D eigenvalue weighted by Gasteiger charge is -2.38. The summed E-state index contributed by atoms with van der Waals surface area (Å²) >= 11 is 0. The highest BCUT2D eigenvalue weighted by molar-refractivity contribution is 5.40. The molecule has 0 bridgehead atoms. The van der Waals surface area contributed by atoms with Crippen LogP contribution < -0.4 is 0 Å². The van der Waals surface area contributed by atoms with E-state index < -0.39 is 12.2 Å². The third-order valence-corrected chi connectivity index (χ3v) is 8.67. The molecular weight excluding hydrogens is 528 g/mol. The Balaban J connectivity index is 1.93. The minimum Gasteiger partial charge on any atom is -0.390 e. The van der Waals surface area contributed by atoms with Crippen molar-refractivity contribution >= 4 is 0 Å². The van der Waals surface area contributed by atoms with Crippen molar-refractivity contribution in [1.29, 1.82) is 0 Å². The van der Waals surface area contributed by atoms with Gasteiger partial charge in [0.15, 0.2) is 0 Å². The third kappa shape index (κ3) is 11.2. The van der Waals surface area contributed by atoms with E-state index in [0.717, 1.165) is 40.7 Å². The lowest BCUT2D eigenvalue weighted by molar-refractivity contribution is 0.00686. The molecule has 43 heavy (non-hydrogen) atoms. The van der Waals surface area contributed by atoms with Crippen LogP contribution in [-0.2, 0) is 0 Å². The summed E-state index contributed by atoms with van der Waals surface area (Å²) in [7, 11) is 0. The van der Waals surface area contributed by atoms with E-state index in [0.29, 0.717) is 6.42 Å². The zero-order chi connectivity index (χ0) is 32.4. The molecule has 3 atom stereocenters. The molecule has 0 aromatic rings. The summed E-state index contributed by atoms with van der Waals surface area (Å²) in [5, 5.41) is 30.7. The zero-order valence-electron chi connectivity index (χ0n) is 28.3. The largest absolute Gasteiger partial charge is 0.390 e. The summed E-state index contributed by atoms with van der Waals surface area (Å²) in [5.74, 6) is 0. The molecule has 3 N–H and O–H groups in total. The number of hydrogen-bond acceptors (Lipinski definition) is 3. The Morgan fingerprint density at radius 1 is 0.605 bits per heavy atom. The molecule has 0 amide bonds. The number of aliphatic hydroxyl groups excluding tert-OH is 3. The molecule has 0 aliphatic heterocycles. The van der Waals surface area contributed by atoms with Crippen LogP contribution >= 0.6 is 0 Å². The molecule has 2 aliphatic rings. The van der Waals surface area contributed by atoms with Crippen LogP contribution in [0.1, 0.15) is 88.5 Å². The van der Waals surface area contributed by atoms with Gasteiger partial charge in [-0.2, -0.15) is 0 Å². The fourth-order valence-electron chi connectivity index (χ4n) is 5.77. The molecule has 0 aromatic carbocycles. The molecule has 2 aliphatic carbocycles. The number of rotatable bonds is 10. The van der Waals surface area contributed by atoms with Crippen LogP contribution in [0.5, 0.6) is 0 Å². The van der Waals surface area contributed by atoms with Crippen molar-refractivity contribution < 1.29 is 15.3 Å². The first-order chi connectivity index (χ1) is 20.0. The van der Waals surface area contributed by atoms with Gasteiger partial charge in [-0.25, -0.2) is 0 Å². The van der Waals surface area contributed by atoms with Crippen molar-refractivity contribution in [3.63, 3.8) is 0 Å². The maximum absolute atomic E-state index is 10.3. The van der Waals surface area contributed by atoms with Crippen LogP contribution in [-0.4, -0.2) is 33.6 Å². The van der Waals surface area contributed by atoms with Gasteiger partial charge in [0, 0.05) is 0 Å². The molecular formula is C40H56O3. The monoisotopic (exact) mass is 584 g/mol. The standard InChI is InChI=1S/C40H56O3/c1-28(17-13-19-30(3)21-23-34-32(5)36(41)25-26-39(34,7)8)15-11-12-16-29(2)18-14-20-31(4)22-24-35-33(6)38(43)37(42)27-40(35,9)10/h11-24,36-38,41-43H,25-27H2,1-10H3/b12-11+,17-13+,18-14+,23-21+,24-22+,28-15+,29-16+,30-19+,31-20+/t36-,37?,38+/m0/s1. The van der Waals surface area contributed by atoms with Gasteiger partial charge >= 0.3 is 0 Å². The smallest absolute Gasteiger partial charge is 0.101 e. The second kappa shape index (κ2) is 16.2. The van der Waals surface area contributed by atoms with Crippen LogP contribution in [0.25, 0.3) is 0 Å². The normalized spacial score (nSPS) is 26.5. The van der Waals surface area contributed by atoms with E-state index >= 15 is 0 Å². The third-order valence-electron chi connectivity index (χ3n) is 8.67. The molecule has 0 radical (unpaired) electrons. The number of allylic oxidation sites excluding steroid dienone is 20. The Labute approximate surface area is 262 Å². The summed E-state index contributed by atoms with van der Waals surface area (Å²) in [6.45, 7) is 21.0. The predicted molar refractivity (Wildman–Crippen MR) is 186 cm³/mol. The summed E-state index contributed by atoms with van der Waals surface area (Å²) in [6, 6.07) is 0. The first-order valence-corrected chi connectivity index (χ1v) is 15.6. The van der Waals surface area contributed by atoms with Gasteiger partial charge < -0.3 is 15.3 Å². The Morgan fingerprint density at radius 2 is 1.02 bits per heavy atom. The minimum absolute atomic E-state index is 0.0963. The number of hydrogen-bond donors (Lipinski definition) is 3. The summed E-state index contributed by atoms with van der Waals surface area (Å²) in [4.78, 5) is 0. The topological polar surface area (TPSA) is 60.7 Å². The molecule has 0 fully saturated rings. The second-order valence-corrected chi connectivity index (χ2v) is 13.6. The lowest BCUT2D eigenvalue weighted by atomic mass is 9.70. The highest BCUT2D eigenvalue weighted by atomic mass is 16.3. The fraction of sp³-hybridized carbons (Fsp3) is 0.450. The van der Waals surface area contributed by atoms with Gasteiger partial charge in [-0.3, -0.25) is 0 Å². The minimum atomic E-state index is -0.792. The SMILES string of the molecule is CC1=C(/C=C/C(C)=C/C=C/C(C)=C/C=C/C=C(C)/C=C/C=C(C)/C=C/C2=C(C)[C@@H](O)CCC2(C)C)C(C)(C)CC(O)[C@@H]1O. The molecule has 1 unspecified atom stereocenters. The maximum atomic E-state index is 10.3. The molecule has 2 rings (SSSR count). The van der Waals surface area contributed by atoms with Crippen molar-refractivity contribution in [3.8, 4) is 0 Å². The first kappa shape index (κ1) is 36.2. The van der Waals surface area contributed by atoms with Crippen LogP contribution in [0.4, 0.5) is 0 Å². The quantitative estimate of drug-likeness (QED) is 0.224. The zero-order valence-corrected chi connectivity index (χ0v) is 28.3. The van der Waals surface area contributed by atoms with E-state index in [2.05, 4.69) is 135 Å². The average Bonchev–Trinajstić information content (AvgIpc) is 2.91. The van der Waals surface area contributed by atoms with Gasteiger partial charge in [-0.05, 0) is 93.9 Å². The summed E-state index contributed by atoms with van der Waals surface area (Å²) < 4.78 is 0. The molecule has 0 spiro atoms. The van der Waals surface area contributed by atoms with Crippen molar-refractivity contribution in [3.05, 3.63) is 130 Å². The Bertz CT molecular complexity index is 1330. The molecule has 234 valence electrons. The molecule has 3 heteroatoms. The van der Waals surface area contributed by atoms with E-state index in [4.69, 9.17) is 0 Å². The Hall–Kier alpha value is -2.98. The van der Waals surface area contributed by atoms with Gasteiger partial charge in [0.2, 0.25) is 0 Å². The number of aliphatic hydroxyl groups is 3. The van der Waals surface area contributed by atoms with Crippen molar-refractivity contribution in [2.45, 2.75) is 107 Å². The lowest BCUT2D eigenvalue weighted by Crippen LogP contribution is -2.38. The van der Waals surface area contributed by atoms with Gasteiger partial charge in [-0.15, -0.1) is 0 Å². The Kier molecular flexibility index (Phi) is 13.6. The molecule has 0 heterocycles. The van der Waals surface area contributed by atoms with E-state index in [-0.39, 0.29) is 16.9 Å². The molecule has 0 aromatic heterocycles. The van der Waals surface area contributed by atoms with Gasteiger partial charge in [-0.1, -0.05) is 135 Å². The van der Waals surface area contributed by atoms with E-state index in [1.165, 1.54) is 16.7 Å². The van der Waals surface area contributed by atoms with Gasteiger partial charge in [0.1, 0.15) is 6.10 Å². The highest BCUT2D eigenvalue weighted by Gasteiger charge is 2.36. The van der Waals surface area contributed by atoms with Gasteiger partial charge in [0.05, 0.1) is 12.2 Å². The predicted octanol–water partition coefficient (Wildman–Crippen LogP) is 9.52.